The fraction of sp³-hybridized carbons (Fsp3) is 0.342. The molecule has 0 spiro atoms. The van der Waals surface area contributed by atoms with Crippen LogP contribution in [0.2, 0.25) is 0 Å². The lowest BCUT2D eigenvalue weighted by molar-refractivity contribution is -0.121. The van der Waals surface area contributed by atoms with E-state index < -0.39 is 41.4 Å². The molecule has 334 valence electrons. The molecule has 0 saturated heterocycles. The largest absolute Gasteiger partial charge is 0.355 e. The highest BCUT2D eigenvalue weighted by atomic mass is 16.2. The maximum Gasteiger partial charge on any atom is 0.291 e. The Balaban J connectivity index is 1.03. The number of hydrogen-bond acceptors (Lipinski definition) is 12. The van der Waals surface area contributed by atoms with Gasteiger partial charge >= 0.3 is 0 Å². The van der Waals surface area contributed by atoms with Crippen molar-refractivity contribution in [3.63, 3.8) is 0 Å². The van der Waals surface area contributed by atoms with Gasteiger partial charge in [-0.25, -0.2) is 15.0 Å². The van der Waals surface area contributed by atoms with E-state index in [1.54, 1.807) is 62.8 Å². The van der Waals surface area contributed by atoms with Crippen LogP contribution >= 0.6 is 0 Å². The molecule has 25 nitrogen and oxygen atoms in total. The van der Waals surface area contributed by atoms with Gasteiger partial charge in [0, 0.05) is 130 Å². The molecule has 25 heteroatoms. The van der Waals surface area contributed by atoms with Crippen LogP contribution in [0.3, 0.4) is 0 Å². The average molecular weight is 872 g/mol. The summed E-state index contributed by atoms with van der Waals surface area (Å²) >= 11 is 0. The Morgan fingerprint density at radius 3 is 1.63 bits per heavy atom. The number of aryl methyl sites for hydroxylation is 5. The fourth-order valence-electron chi connectivity index (χ4n) is 5.94. The second-order valence-corrected chi connectivity index (χ2v) is 14.1. The van der Waals surface area contributed by atoms with E-state index in [2.05, 4.69) is 57.5 Å². The van der Waals surface area contributed by atoms with Crippen LogP contribution in [0.5, 0.6) is 0 Å². The van der Waals surface area contributed by atoms with Crippen molar-refractivity contribution >= 4 is 76.1 Å². The summed E-state index contributed by atoms with van der Waals surface area (Å²) in [4.78, 5) is 113. The van der Waals surface area contributed by atoms with Gasteiger partial charge in [0.1, 0.15) is 11.5 Å². The number of hydrogen-bond donors (Lipinski definition) is 9. The molecule has 0 fully saturated rings. The molecule has 63 heavy (non-hydrogen) atoms. The Morgan fingerprint density at radius 2 is 1.03 bits per heavy atom. The Kier molecular flexibility index (Phi) is 15.3. The number of rotatable bonds is 20. The smallest absolute Gasteiger partial charge is 0.291 e. The van der Waals surface area contributed by atoms with E-state index in [4.69, 9.17) is 5.73 Å². The van der Waals surface area contributed by atoms with Crippen molar-refractivity contribution in [1.29, 1.82) is 0 Å². The summed E-state index contributed by atoms with van der Waals surface area (Å²) in [5.41, 5.74) is 6.24. The molecule has 10 N–H and O–H groups in total. The Bertz CT molecular complexity index is 2520. The van der Waals surface area contributed by atoms with Crippen LogP contribution in [-0.4, -0.2) is 111 Å². The number of carbonyl (C=O) groups excluding carboxylic acids is 8. The number of amides is 8. The summed E-state index contributed by atoms with van der Waals surface area (Å²) in [7, 11) is 8.09. The number of nitrogens with zero attached hydrogens (tertiary/aromatic N) is 8. The summed E-state index contributed by atoms with van der Waals surface area (Å²) in [6.07, 6.45) is 8.73. The highest BCUT2D eigenvalue weighted by Crippen LogP contribution is 2.19. The molecular weight excluding hydrogens is 823 g/mol. The number of aromatic nitrogens is 8. The van der Waals surface area contributed by atoms with E-state index in [1.807, 2.05) is 0 Å². The first-order chi connectivity index (χ1) is 30.0. The summed E-state index contributed by atoms with van der Waals surface area (Å²) < 4.78 is 7.48. The quantitative estimate of drug-likeness (QED) is 0.0473. The van der Waals surface area contributed by atoms with Crippen LogP contribution in [0.1, 0.15) is 68.0 Å². The first kappa shape index (κ1) is 46.0. The van der Waals surface area contributed by atoms with Gasteiger partial charge in [-0.05, 0) is 6.07 Å². The zero-order valence-corrected chi connectivity index (χ0v) is 35.2. The standard InChI is InChI=1S/C38H49N17O8/c1-51-15-14-41-32(51)37(62)45-23-17-27(53(3)19-23)50-30(58)7-6-29(57)46-25-21-55(5)34(49-25)38(63)44-22-16-24(52(2)18-22)35(60)42-12-9-31(59)47-26-20-54(4)33(48-26)36(61)43-11-8-28(56)40-13-10-39/h14-21H,6-13,39H2,1-5H3,(H,40,56)(H,42,60)(H,43,61)(H,44,63)(H,45,62)(H,46,57)(H,47,59)(H,50,58). The summed E-state index contributed by atoms with van der Waals surface area (Å²) in [6.45, 7) is 0.673. The van der Waals surface area contributed by atoms with E-state index >= 15 is 0 Å². The number of imidazole rings is 3. The molecule has 0 aliphatic carbocycles. The summed E-state index contributed by atoms with van der Waals surface area (Å²) in [5.74, 6) is -3.04. The van der Waals surface area contributed by atoms with Crippen molar-refractivity contribution in [3.8, 4) is 0 Å². The van der Waals surface area contributed by atoms with Crippen molar-refractivity contribution in [1.82, 2.24) is 53.7 Å². The second-order valence-electron chi connectivity index (χ2n) is 14.1. The number of carbonyl (C=O) groups is 8. The predicted octanol–water partition coefficient (Wildman–Crippen LogP) is -0.620. The molecule has 8 amide bonds. The monoisotopic (exact) mass is 871 g/mol. The van der Waals surface area contributed by atoms with Crippen LogP contribution in [0.4, 0.5) is 28.8 Å². The molecule has 0 aliphatic heterocycles. The molecule has 0 atom stereocenters. The summed E-state index contributed by atoms with van der Waals surface area (Å²) in [6, 6.07) is 3.01. The van der Waals surface area contributed by atoms with E-state index in [1.165, 1.54) is 44.6 Å². The first-order valence-electron chi connectivity index (χ1n) is 19.4. The third kappa shape index (κ3) is 12.7. The van der Waals surface area contributed by atoms with Gasteiger partial charge in [0.05, 0.1) is 11.4 Å². The lowest BCUT2D eigenvalue weighted by atomic mass is 10.3. The van der Waals surface area contributed by atoms with Gasteiger partial charge in [-0.1, -0.05) is 0 Å². The number of anilines is 5. The van der Waals surface area contributed by atoms with Gasteiger partial charge in [-0.3, -0.25) is 38.4 Å². The minimum atomic E-state index is -0.634. The number of nitrogens with two attached hydrogens (primary N) is 1. The Labute approximate surface area is 359 Å². The molecule has 0 aromatic carbocycles. The van der Waals surface area contributed by atoms with E-state index in [-0.39, 0.29) is 85.2 Å². The van der Waals surface area contributed by atoms with Gasteiger partial charge in [0.2, 0.25) is 35.3 Å². The normalized spacial score (nSPS) is 10.8. The average Bonchev–Trinajstić information content (AvgIpc) is 4.06. The highest BCUT2D eigenvalue weighted by molar-refractivity contribution is 6.04. The molecule has 0 unspecified atom stereocenters. The highest BCUT2D eigenvalue weighted by Gasteiger charge is 2.21. The van der Waals surface area contributed by atoms with Gasteiger partial charge < -0.3 is 71.1 Å². The zero-order chi connectivity index (χ0) is 45.8. The molecule has 0 saturated carbocycles. The van der Waals surface area contributed by atoms with Crippen LogP contribution in [0, 0.1) is 0 Å². The topological polar surface area (TPSA) is 322 Å². The van der Waals surface area contributed by atoms with Crippen LogP contribution in [0.15, 0.2) is 49.3 Å². The lowest BCUT2D eigenvalue weighted by Gasteiger charge is -2.06. The summed E-state index contributed by atoms with van der Waals surface area (Å²) in [5, 5.41) is 21.1. The molecule has 5 heterocycles. The Hall–Kier alpha value is -8.09. The SMILES string of the molecule is Cn1cc(NC(=O)c2nccn2C)cc1NC(=O)CCC(=O)Nc1cn(C)c(C(=O)Nc2cc(C(=O)NCCC(=O)Nc3cn(C)c(C(=O)NCCC(=O)NCCN)n3)n(C)c2)n1. The minimum absolute atomic E-state index is 0.0180. The molecule has 5 rings (SSSR count). The van der Waals surface area contributed by atoms with Crippen molar-refractivity contribution < 1.29 is 38.4 Å². The van der Waals surface area contributed by atoms with Crippen molar-refractivity contribution in [2.45, 2.75) is 25.7 Å². The maximum atomic E-state index is 13.1. The third-order valence-electron chi connectivity index (χ3n) is 9.06. The zero-order valence-electron chi connectivity index (χ0n) is 35.2. The molecule has 0 bridgehead atoms. The molecule has 0 aliphatic rings. The van der Waals surface area contributed by atoms with E-state index in [0.29, 0.717) is 24.6 Å². The van der Waals surface area contributed by atoms with Gasteiger partial charge in [0.15, 0.2) is 17.5 Å². The van der Waals surface area contributed by atoms with Crippen molar-refractivity contribution in [2.75, 3.05) is 52.8 Å². The van der Waals surface area contributed by atoms with Crippen molar-refractivity contribution in [2.24, 2.45) is 41.0 Å². The Morgan fingerprint density at radius 1 is 0.508 bits per heavy atom. The molecule has 5 aromatic rings. The van der Waals surface area contributed by atoms with Crippen molar-refractivity contribution in [3.05, 3.63) is 72.5 Å². The van der Waals surface area contributed by atoms with E-state index in [0.717, 1.165) is 0 Å². The maximum absolute atomic E-state index is 13.1. The van der Waals surface area contributed by atoms with Gasteiger partial charge in [-0.15, -0.1) is 0 Å². The van der Waals surface area contributed by atoms with E-state index in [9.17, 15) is 38.4 Å². The molecular formula is C38H49N17O8. The predicted molar refractivity (Wildman–Crippen MR) is 227 cm³/mol. The van der Waals surface area contributed by atoms with Gasteiger partial charge in [-0.2, -0.15) is 0 Å². The lowest BCUT2D eigenvalue weighted by Crippen LogP contribution is -2.33. The number of nitrogens with one attached hydrogen (secondary N) is 8. The van der Waals surface area contributed by atoms with Crippen LogP contribution < -0.4 is 48.3 Å². The third-order valence-corrected chi connectivity index (χ3v) is 9.06. The first-order valence-corrected chi connectivity index (χ1v) is 19.4. The minimum Gasteiger partial charge on any atom is -0.355 e. The fourth-order valence-corrected chi connectivity index (χ4v) is 5.94. The molecule has 0 radical (unpaired) electrons. The van der Waals surface area contributed by atoms with Gasteiger partial charge in [0.25, 0.3) is 23.6 Å². The molecule has 5 aromatic heterocycles. The second kappa shape index (κ2) is 20.9. The van der Waals surface area contributed by atoms with Crippen LogP contribution in [-0.2, 0) is 54.4 Å². The van der Waals surface area contributed by atoms with Crippen LogP contribution in [0.25, 0.3) is 0 Å².